The van der Waals surface area contributed by atoms with Gasteiger partial charge >= 0.3 is 0 Å². The van der Waals surface area contributed by atoms with Gasteiger partial charge in [-0.05, 0) is 44.4 Å². The summed E-state index contributed by atoms with van der Waals surface area (Å²) in [6, 6.07) is 6.34. The Morgan fingerprint density at radius 2 is 2.15 bits per heavy atom. The van der Waals surface area contributed by atoms with Crippen LogP contribution in [0.4, 0.5) is 0 Å². The Morgan fingerprint density at radius 3 is 2.85 bits per heavy atom. The zero-order chi connectivity index (χ0) is 14.5. The SMILES string of the molecule is CCCOCCCn1c(C(C)Cl)nc2ccc(C)cc21. The molecule has 1 heterocycles. The maximum atomic E-state index is 6.27. The quantitative estimate of drug-likeness (QED) is 0.557. The first-order valence-electron chi connectivity index (χ1n) is 7.32. The second kappa shape index (κ2) is 7.09. The minimum atomic E-state index is -0.0840. The van der Waals surface area contributed by atoms with E-state index in [4.69, 9.17) is 16.3 Å². The van der Waals surface area contributed by atoms with Crippen LogP contribution >= 0.6 is 11.6 Å². The molecule has 1 aromatic heterocycles. The van der Waals surface area contributed by atoms with Crippen LogP contribution in [0.5, 0.6) is 0 Å². The summed E-state index contributed by atoms with van der Waals surface area (Å²) in [7, 11) is 0. The zero-order valence-electron chi connectivity index (χ0n) is 12.5. The van der Waals surface area contributed by atoms with Crippen LogP contribution in [0.25, 0.3) is 11.0 Å². The fourth-order valence-electron chi connectivity index (χ4n) is 2.36. The summed E-state index contributed by atoms with van der Waals surface area (Å²) in [6.45, 7) is 8.72. The van der Waals surface area contributed by atoms with Crippen molar-refractivity contribution in [1.82, 2.24) is 9.55 Å². The smallest absolute Gasteiger partial charge is 0.127 e. The van der Waals surface area contributed by atoms with E-state index < -0.39 is 0 Å². The van der Waals surface area contributed by atoms with Gasteiger partial charge in [-0.15, -0.1) is 11.6 Å². The number of nitrogens with zero attached hydrogens (tertiary/aromatic N) is 2. The summed E-state index contributed by atoms with van der Waals surface area (Å²) >= 11 is 6.27. The van der Waals surface area contributed by atoms with Gasteiger partial charge in [0, 0.05) is 19.8 Å². The van der Waals surface area contributed by atoms with Crippen molar-refractivity contribution in [3.63, 3.8) is 0 Å². The lowest BCUT2D eigenvalue weighted by Gasteiger charge is -2.11. The van der Waals surface area contributed by atoms with Crippen molar-refractivity contribution in [2.75, 3.05) is 13.2 Å². The number of hydrogen-bond donors (Lipinski definition) is 0. The van der Waals surface area contributed by atoms with Gasteiger partial charge in [-0.2, -0.15) is 0 Å². The van der Waals surface area contributed by atoms with E-state index in [1.807, 2.05) is 6.92 Å². The normalized spacial score (nSPS) is 13.0. The molecule has 2 rings (SSSR count). The molecule has 0 aliphatic rings. The molecule has 0 saturated carbocycles. The lowest BCUT2D eigenvalue weighted by molar-refractivity contribution is 0.129. The lowest BCUT2D eigenvalue weighted by atomic mass is 10.2. The predicted molar refractivity (Wildman–Crippen MR) is 84.5 cm³/mol. The van der Waals surface area contributed by atoms with Crippen LogP contribution in [0, 0.1) is 6.92 Å². The minimum absolute atomic E-state index is 0.0840. The molecule has 0 fully saturated rings. The average molecular weight is 295 g/mol. The predicted octanol–water partition coefficient (Wildman–Crippen LogP) is 4.46. The number of hydrogen-bond acceptors (Lipinski definition) is 2. The van der Waals surface area contributed by atoms with Crippen molar-refractivity contribution in [1.29, 1.82) is 0 Å². The Hall–Kier alpha value is -1.06. The first-order chi connectivity index (χ1) is 9.63. The third-order valence-corrected chi connectivity index (χ3v) is 3.50. The Balaban J connectivity index is 2.19. The molecule has 0 spiro atoms. The number of benzene rings is 1. The van der Waals surface area contributed by atoms with E-state index >= 15 is 0 Å². The Bertz CT molecular complexity index is 563. The molecule has 0 bridgehead atoms. The van der Waals surface area contributed by atoms with Crippen molar-refractivity contribution in [2.45, 2.75) is 45.5 Å². The van der Waals surface area contributed by atoms with E-state index in [2.05, 4.69) is 41.6 Å². The number of rotatable bonds is 7. The molecule has 1 unspecified atom stereocenters. The van der Waals surface area contributed by atoms with Crippen LogP contribution in [-0.4, -0.2) is 22.8 Å². The zero-order valence-corrected chi connectivity index (χ0v) is 13.3. The van der Waals surface area contributed by atoms with Gasteiger partial charge < -0.3 is 9.30 Å². The second-order valence-corrected chi connectivity index (χ2v) is 5.85. The van der Waals surface area contributed by atoms with E-state index in [1.54, 1.807) is 0 Å². The molecular formula is C16H23ClN2O. The van der Waals surface area contributed by atoms with Gasteiger partial charge in [0.1, 0.15) is 5.82 Å². The van der Waals surface area contributed by atoms with Crippen LogP contribution in [0.1, 0.15) is 43.5 Å². The number of imidazole rings is 1. The highest BCUT2D eigenvalue weighted by atomic mass is 35.5. The van der Waals surface area contributed by atoms with Crippen LogP contribution in [0.3, 0.4) is 0 Å². The Labute approximate surface area is 125 Å². The van der Waals surface area contributed by atoms with Gasteiger partial charge in [0.25, 0.3) is 0 Å². The number of aryl methyl sites for hydroxylation is 2. The fraction of sp³-hybridized carbons (Fsp3) is 0.562. The molecule has 0 aliphatic heterocycles. The summed E-state index contributed by atoms with van der Waals surface area (Å²) in [5.41, 5.74) is 3.44. The maximum absolute atomic E-state index is 6.27. The molecule has 0 aliphatic carbocycles. The van der Waals surface area contributed by atoms with Crippen molar-refractivity contribution in [3.05, 3.63) is 29.6 Å². The highest BCUT2D eigenvalue weighted by Crippen LogP contribution is 2.25. The van der Waals surface area contributed by atoms with Gasteiger partial charge in [0.2, 0.25) is 0 Å². The lowest BCUT2D eigenvalue weighted by Crippen LogP contribution is -2.07. The van der Waals surface area contributed by atoms with Gasteiger partial charge in [-0.3, -0.25) is 0 Å². The van der Waals surface area contributed by atoms with E-state index in [0.29, 0.717) is 0 Å². The first-order valence-corrected chi connectivity index (χ1v) is 7.75. The summed E-state index contributed by atoms with van der Waals surface area (Å²) < 4.78 is 7.78. The van der Waals surface area contributed by atoms with Crippen LogP contribution in [0.2, 0.25) is 0 Å². The van der Waals surface area contributed by atoms with Gasteiger partial charge in [-0.1, -0.05) is 13.0 Å². The van der Waals surface area contributed by atoms with Crippen molar-refractivity contribution < 1.29 is 4.74 Å². The molecule has 0 N–H and O–H groups in total. The van der Waals surface area contributed by atoms with E-state index in [-0.39, 0.29) is 5.38 Å². The van der Waals surface area contributed by atoms with Crippen molar-refractivity contribution in [2.24, 2.45) is 0 Å². The van der Waals surface area contributed by atoms with E-state index in [9.17, 15) is 0 Å². The Morgan fingerprint density at radius 1 is 1.35 bits per heavy atom. The fourth-order valence-corrected chi connectivity index (χ4v) is 2.53. The number of halogens is 1. The molecular weight excluding hydrogens is 272 g/mol. The molecule has 1 atom stereocenters. The average Bonchev–Trinajstić information content (AvgIpc) is 2.77. The van der Waals surface area contributed by atoms with E-state index in [0.717, 1.165) is 43.9 Å². The number of aromatic nitrogens is 2. The molecule has 3 nitrogen and oxygen atoms in total. The molecule has 4 heteroatoms. The number of fused-ring (bicyclic) bond motifs is 1. The van der Waals surface area contributed by atoms with Crippen molar-refractivity contribution in [3.8, 4) is 0 Å². The minimum Gasteiger partial charge on any atom is -0.381 e. The van der Waals surface area contributed by atoms with Crippen LogP contribution in [-0.2, 0) is 11.3 Å². The second-order valence-electron chi connectivity index (χ2n) is 5.20. The molecule has 1 aromatic carbocycles. The summed E-state index contributed by atoms with van der Waals surface area (Å²) in [5, 5.41) is -0.0840. The molecule has 110 valence electrons. The Kier molecular flexibility index (Phi) is 5.44. The van der Waals surface area contributed by atoms with E-state index in [1.165, 1.54) is 11.1 Å². The third-order valence-electron chi connectivity index (χ3n) is 3.31. The monoisotopic (exact) mass is 294 g/mol. The van der Waals surface area contributed by atoms with Gasteiger partial charge in [0.15, 0.2) is 0 Å². The molecule has 20 heavy (non-hydrogen) atoms. The summed E-state index contributed by atoms with van der Waals surface area (Å²) in [4.78, 5) is 4.66. The molecule has 0 amide bonds. The van der Waals surface area contributed by atoms with Crippen LogP contribution in [0.15, 0.2) is 18.2 Å². The number of ether oxygens (including phenoxy) is 1. The summed E-state index contributed by atoms with van der Waals surface area (Å²) in [5.74, 6) is 0.947. The highest BCUT2D eigenvalue weighted by molar-refractivity contribution is 6.20. The van der Waals surface area contributed by atoms with Crippen LogP contribution < -0.4 is 0 Å². The standard InChI is InChI=1S/C16H23ClN2O/c1-4-9-20-10-5-8-19-15-11-12(2)6-7-14(15)18-16(19)13(3)17/h6-7,11,13H,4-5,8-10H2,1-3H3. The number of alkyl halides is 1. The third kappa shape index (κ3) is 3.53. The highest BCUT2D eigenvalue weighted by Gasteiger charge is 2.14. The van der Waals surface area contributed by atoms with Gasteiger partial charge in [0.05, 0.1) is 16.4 Å². The molecule has 2 aromatic rings. The molecule has 0 radical (unpaired) electrons. The first kappa shape index (κ1) is 15.3. The maximum Gasteiger partial charge on any atom is 0.127 e. The van der Waals surface area contributed by atoms with Gasteiger partial charge in [-0.25, -0.2) is 4.98 Å². The van der Waals surface area contributed by atoms with Crippen molar-refractivity contribution >= 4 is 22.6 Å². The molecule has 0 saturated heterocycles. The summed E-state index contributed by atoms with van der Waals surface area (Å²) in [6.07, 6.45) is 2.05. The largest absolute Gasteiger partial charge is 0.381 e. The topological polar surface area (TPSA) is 27.1 Å².